The highest BCUT2D eigenvalue weighted by Gasteiger charge is 2.08. The molecule has 0 spiro atoms. The molecule has 0 radical (unpaired) electrons. The summed E-state index contributed by atoms with van der Waals surface area (Å²) in [6.07, 6.45) is 0.602. The highest BCUT2D eigenvalue weighted by atomic mass is 32.2. The van der Waals surface area contributed by atoms with Gasteiger partial charge in [0.1, 0.15) is 5.75 Å². The smallest absolute Gasteiger partial charge is 0.232 e. The van der Waals surface area contributed by atoms with Gasteiger partial charge < -0.3 is 4.74 Å². The first-order valence-electron chi connectivity index (χ1n) is 6.16. The Labute approximate surface area is 109 Å². The van der Waals surface area contributed by atoms with Crippen LogP contribution in [0.15, 0.2) is 24.3 Å². The Morgan fingerprint density at radius 2 is 1.83 bits per heavy atom. The Bertz CT molecular complexity index is 452. The summed E-state index contributed by atoms with van der Waals surface area (Å²) in [7, 11) is -3.21. The van der Waals surface area contributed by atoms with E-state index < -0.39 is 10.0 Å². The molecule has 0 aromatic heterocycles. The maximum absolute atomic E-state index is 11.6. The summed E-state index contributed by atoms with van der Waals surface area (Å²) in [5.41, 5.74) is 0.570. The van der Waals surface area contributed by atoms with E-state index in [0.717, 1.165) is 5.75 Å². The molecule has 0 heterocycles. The minimum atomic E-state index is -3.21. The van der Waals surface area contributed by atoms with Crippen LogP contribution in [0, 0.1) is 5.92 Å². The molecular weight excluding hydrogens is 250 g/mol. The van der Waals surface area contributed by atoms with E-state index in [1.807, 2.05) is 6.92 Å². The summed E-state index contributed by atoms with van der Waals surface area (Å²) >= 11 is 0. The average molecular weight is 271 g/mol. The molecule has 0 unspecified atom stereocenters. The van der Waals surface area contributed by atoms with Crippen molar-refractivity contribution in [3.05, 3.63) is 24.3 Å². The fourth-order valence-electron chi connectivity index (χ4n) is 1.38. The van der Waals surface area contributed by atoms with Crippen LogP contribution < -0.4 is 9.46 Å². The highest BCUT2D eigenvalue weighted by molar-refractivity contribution is 7.92. The highest BCUT2D eigenvalue weighted by Crippen LogP contribution is 2.17. The third-order valence-corrected chi connectivity index (χ3v) is 3.68. The van der Waals surface area contributed by atoms with Gasteiger partial charge in [-0.15, -0.1) is 0 Å². The van der Waals surface area contributed by atoms with Gasteiger partial charge in [0.15, 0.2) is 0 Å². The van der Waals surface area contributed by atoms with Crippen LogP contribution in [0.3, 0.4) is 0 Å². The molecule has 5 heteroatoms. The van der Waals surface area contributed by atoms with Crippen molar-refractivity contribution in [2.24, 2.45) is 5.92 Å². The van der Waals surface area contributed by atoms with Gasteiger partial charge in [-0.25, -0.2) is 8.42 Å². The van der Waals surface area contributed by atoms with E-state index in [9.17, 15) is 8.42 Å². The molecule has 0 fully saturated rings. The van der Waals surface area contributed by atoms with Gasteiger partial charge in [0.2, 0.25) is 10.0 Å². The number of ether oxygens (including phenoxy) is 1. The van der Waals surface area contributed by atoms with E-state index in [0.29, 0.717) is 24.6 Å². The molecule has 1 aromatic carbocycles. The largest absolute Gasteiger partial charge is 0.493 e. The Kier molecular flexibility index (Phi) is 5.47. The lowest BCUT2D eigenvalue weighted by Gasteiger charge is -2.10. The van der Waals surface area contributed by atoms with Crippen molar-refractivity contribution in [1.29, 1.82) is 0 Å². The quantitative estimate of drug-likeness (QED) is 0.829. The number of hydrogen-bond donors (Lipinski definition) is 1. The van der Waals surface area contributed by atoms with E-state index in [2.05, 4.69) is 18.6 Å². The molecule has 18 heavy (non-hydrogen) atoms. The number of benzene rings is 1. The summed E-state index contributed by atoms with van der Waals surface area (Å²) in [4.78, 5) is 0. The van der Waals surface area contributed by atoms with Crippen molar-refractivity contribution in [3.63, 3.8) is 0 Å². The number of rotatable bonds is 7. The van der Waals surface area contributed by atoms with Gasteiger partial charge in [0, 0.05) is 5.69 Å². The van der Waals surface area contributed by atoms with Gasteiger partial charge >= 0.3 is 0 Å². The molecule has 0 bridgehead atoms. The Hall–Kier alpha value is -1.23. The van der Waals surface area contributed by atoms with Crippen molar-refractivity contribution in [1.82, 2.24) is 0 Å². The van der Waals surface area contributed by atoms with Crippen molar-refractivity contribution >= 4 is 15.7 Å². The van der Waals surface area contributed by atoms with Crippen LogP contribution in [0.25, 0.3) is 0 Å². The summed E-state index contributed by atoms with van der Waals surface area (Å²) in [5, 5.41) is 0. The molecular formula is C13H21NO3S. The lowest BCUT2D eigenvalue weighted by molar-refractivity contribution is 0.271. The Morgan fingerprint density at radius 3 is 2.33 bits per heavy atom. The van der Waals surface area contributed by atoms with E-state index in [-0.39, 0.29) is 5.75 Å². The standard InChI is InChI=1S/C13H21NO3S/c1-4-9-18(15,16)14-12-5-7-13(8-6-12)17-10-11(2)3/h5-8,11,14H,4,9-10H2,1-3H3. The third kappa shape index (κ3) is 5.40. The predicted octanol–water partition coefficient (Wildman–Crippen LogP) is 2.87. The van der Waals surface area contributed by atoms with Gasteiger partial charge in [0.05, 0.1) is 12.4 Å². The first-order chi connectivity index (χ1) is 8.43. The van der Waals surface area contributed by atoms with Crippen LogP contribution in [0.2, 0.25) is 0 Å². The first kappa shape index (κ1) is 14.8. The normalized spacial score (nSPS) is 11.6. The zero-order valence-electron chi connectivity index (χ0n) is 11.1. The maximum Gasteiger partial charge on any atom is 0.232 e. The van der Waals surface area contributed by atoms with E-state index in [1.54, 1.807) is 24.3 Å². The summed E-state index contributed by atoms with van der Waals surface area (Å²) < 4.78 is 31.2. The second-order valence-electron chi connectivity index (χ2n) is 4.65. The van der Waals surface area contributed by atoms with Gasteiger partial charge in [0.25, 0.3) is 0 Å². The van der Waals surface area contributed by atoms with Gasteiger partial charge in [-0.05, 0) is 36.6 Å². The number of sulfonamides is 1. The molecule has 0 amide bonds. The molecule has 0 aliphatic rings. The SMILES string of the molecule is CCCS(=O)(=O)Nc1ccc(OCC(C)C)cc1. The second-order valence-corrected chi connectivity index (χ2v) is 6.49. The van der Waals surface area contributed by atoms with Crippen LogP contribution in [-0.2, 0) is 10.0 Å². The fraction of sp³-hybridized carbons (Fsp3) is 0.538. The summed E-state index contributed by atoms with van der Waals surface area (Å²) in [6.45, 7) is 6.64. The number of anilines is 1. The zero-order chi connectivity index (χ0) is 13.6. The molecule has 0 saturated heterocycles. The number of nitrogens with one attached hydrogen (secondary N) is 1. The van der Waals surface area contributed by atoms with Crippen molar-refractivity contribution in [2.45, 2.75) is 27.2 Å². The molecule has 0 saturated carbocycles. The topological polar surface area (TPSA) is 55.4 Å². The third-order valence-electron chi connectivity index (χ3n) is 2.18. The van der Waals surface area contributed by atoms with Gasteiger partial charge in [-0.3, -0.25) is 4.72 Å². The van der Waals surface area contributed by atoms with Crippen molar-refractivity contribution < 1.29 is 13.2 Å². The Morgan fingerprint density at radius 1 is 1.22 bits per heavy atom. The Balaban J connectivity index is 2.60. The van der Waals surface area contributed by atoms with Crippen molar-refractivity contribution in [3.8, 4) is 5.75 Å². The summed E-state index contributed by atoms with van der Waals surface area (Å²) in [5.74, 6) is 1.35. The average Bonchev–Trinajstić information content (AvgIpc) is 2.27. The molecule has 0 aliphatic heterocycles. The molecule has 1 N–H and O–H groups in total. The van der Waals surface area contributed by atoms with Gasteiger partial charge in [-0.2, -0.15) is 0 Å². The monoisotopic (exact) mass is 271 g/mol. The minimum Gasteiger partial charge on any atom is -0.493 e. The van der Waals surface area contributed by atoms with E-state index >= 15 is 0 Å². The lowest BCUT2D eigenvalue weighted by atomic mass is 10.2. The minimum absolute atomic E-state index is 0.138. The first-order valence-corrected chi connectivity index (χ1v) is 7.81. The van der Waals surface area contributed by atoms with Crippen LogP contribution in [0.1, 0.15) is 27.2 Å². The van der Waals surface area contributed by atoms with Crippen LogP contribution in [0.4, 0.5) is 5.69 Å². The van der Waals surface area contributed by atoms with Gasteiger partial charge in [-0.1, -0.05) is 20.8 Å². The van der Waals surface area contributed by atoms with Crippen molar-refractivity contribution in [2.75, 3.05) is 17.1 Å². The van der Waals surface area contributed by atoms with Crippen LogP contribution in [0.5, 0.6) is 5.75 Å². The maximum atomic E-state index is 11.6. The molecule has 0 atom stereocenters. The second kappa shape index (κ2) is 6.64. The number of hydrogen-bond acceptors (Lipinski definition) is 3. The van der Waals surface area contributed by atoms with E-state index in [1.165, 1.54) is 0 Å². The fourth-order valence-corrected chi connectivity index (χ4v) is 2.52. The summed E-state index contributed by atoms with van der Waals surface area (Å²) in [6, 6.07) is 6.96. The lowest BCUT2D eigenvalue weighted by Crippen LogP contribution is -2.15. The van der Waals surface area contributed by atoms with Crippen LogP contribution >= 0.6 is 0 Å². The molecule has 1 aromatic rings. The molecule has 102 valence electrons. The van der Waals surface area contributed by atoms with Crippen LogP contribution in [-0.4, -0.2) is 20.8 Å². The molecule has 0 aliphatic carbocycles. The van der Waals surface area contributed by atoms with E-state index in [4.69, 9.17) is 4.74 Å². The molecule has 4 nitrogen and oxygen atoms in total. The molecule has 1 rings (SSSR count). The zero-order valence-corrected chi connectivity index (χ0v) is 12.0. The predicted molar refractivity (Wildman–Crippen MR) is 74.5 cm³/mol.